The van der Waals surface area contributed by atoms with Gasteiger partial charge in [0, 0.05) is 24.4 Å². The first-order chi connectivity index (χ1) is 10.1. The third-order valence-electron chi connectivity index (χ3n) is 3.87. The summed E-state index contributed by atoms with van der Waals surface area (Å²) in [5.74, 6) is -0.163. The SMILES string of the molecule is Cl.O=C(CCN1CCCC1)c1cc2ccc(O)cc2oc1=O. The summed E-state index contributed by atoms with van der Waals surface area (Å²) in [6, 6.07) is 6.05. The molecule has 1 aromatic carbocycles. The highest BCUT2D eigenvalue weighted by atomic mass is 35.5. The van der Waals surface area contributed by atoms with Crippen LogP contribution in [0, 0.1) is 0 Å². The van der Waals surface area contributed by atoms with Gasteiger partial charge in [0.1, 0.15) is 16.9 Å². The van der Waals surface area contributed by atoms with Gasteiger partial charge >= 0.3 is 5.63 Å². The molecule has 0 radical (unpaired) electrons. The van der Waals surface area contributed by atoms with Crippen LogP contribution in [-0.4, -0.2) is 35.4 Å². The van der Waals surface area contributed by atoms with Crippen LogP contribution in [0.25, 0.3) is 11.0 Å². The molecule has 0 unspecified atom stereocenters. The van der Waals surface area contributed by atoms with Gasteiger partial charge in [0.15, 0.2) is 5.78 Å². The predicted octanol–water partition coefficient (Wildman–Crippen LogP) is 2.59. The molecule has 2 aromatic rings. The Labute approximate surface area is 133 Å². The molecular weight excluding hydrogens is 306 g/mol. The summed E-state index contributed by atoms with van der Waals surface area (Å²) in [7, 11) is 0. The van der Waals surface area contributed by atoms with Crippen LogP contribution in [0.3, 0.4) is 0 Å². The average Bonchev–Trinajstić information content (AvgIpc) is 2.97. The van der Waals surface area contributed by atoms with Gasteiger partial charge in [-0.2, -0.15) is 0 Å². The first-order valence-corrected chi connectivity index (χ1v) is 7.16. The molecule has 0 aliphatic carbocycles. The van der Waals surface area contributed by atoms with E-state index in [1.54, 1.807) is 12.1 Å². The van der Waals surface area contributed by atoms with Gasteiger partial charge in [-0.15, -0.1) is 12.4 Å². The third-order valence-corrected chi connectivity index (χ3v) is 3.87. The molecule has 1 N–H and O–H groups in total. The molecule has 1 saturated heterocycles. The van der Waals surface area contributed by atoms with E-state index in [1.807, 2.05) is 0 Å². The summed E-state index contributed by atoms with van der Waals surface area (Å²) < 4.78 is 5.12. The molecule has 1 aliphatic rings. The van der Waals surface area contributed by atoms with Gasteiger partial charge in [-0.1, -0.05) is 0 Å². The fourth-order valence-electron chi connectivity index (χ4n) is 2.69. The number of phenols is 1. The zero-order valence-electron chi connectivity index (χ0n) is 12.1. The zero-order valence-corrected chi connectivity index (χ0v) is 12.9. The number of nitrogens with zero attached hydrogens (tertiary/aromatic N) is 1. The van der Waals surface area contributed by atoms with Crippen LogP contribution < -0.4 is 5.63 Å². The average molecular weight is 324 g/mol. The van der Waals surface area contributed by atoms with Crippen molar-refractivity contribution in [1.29, 1.82) is 0 Å². The Morgan fingerprint density at radius 3 is 2.68 bits per heavy atom. The Hall–Kier alpha value is -1.85. The number of benzene rings is 1. The van der Waals surface area contributed by atoms with Crippen molar-refractivity contribution in [2.75, 3.05) is 19.6 Å². The Morgan fingerprint density at radius 2 is 1.95 bits per heavy atom. The number of carbonyl (C=O) groups is 1. The van der Waals surface area contributed by atoms with Crippen LogP contribution >= 0.6 is 12.4 Å². The lowest BCUT2D eigenvalue weighted by atomic mass is 10.1. The van der Waals surface area contributed by atoms with E-state index < -0.39 is 5.63 Å². The van der Waals surface area contributed by atoms with Crippen molar-refractivity contribution in [3.8, 4) is 5.75 Å². The van der Waals surface area contributed by atoms with E-state index in [0.717, 1.165) is 13.1 Å². The van der Waals surface area contributed by atoms with Crippen LogP contribution in [0.5, 0.6) is 5.75 Å². The maximum Gasteiger partial charge on any atom is 0.347 e. The second kappa shape index (κ2) is 6.94. The van der Waals surface area contributed by atoms with E-state index in [1.165, 1.54) is 25.0 Å². The minimum atomic E-state index is -0.639. The molecule has 1 fully saturated rings. The maximum absolute atomic E-state index is 12.2. The quantitative estimate of drug-likeness (QED) is 0.691. The Morgan fingerprint density at radius 1 is 1.23 bits per heavy atom. The Balaban J connectivity index is 0.00000176. The number of likely N-dealkylation sites (tertiary alicyclic amines) is 1. The standard InChI is InChI=1S/C16H17NO4.ClH/c18-12-4-3-11-9-13(16(20)21-15(11)10-12)14(19)5-8-17-6-1-2-7-17;/h3-4,9-10,18H,1-2,5-8H2;1H. The van der Waals surface area contributed by atoms with E-state index in [9.17, 15) is 14.7 Å². The molecule has 0 atom stereocenters. The third kappa shape index (κ3) is 3.48. The number of ketones is 1. The number of phenolic OH excluding ortho intramolecular Hbond substituents is 1. The molecule has 0 spiro atoms. The molecule has 3 rings (SSSR count). The first kappa shape index (κ1) is 16.5. The summed E-state index contributed by atoms with van der Waals surface area (Å²) in [4.78, 5) is 26.3. The normalized spacial score (nSPS) is 14.9. The van der Waals surface area contributed by atoms with E-state index in [-0.39, 0.29) is 35.1 Å². The van der Waals surface area contributed by atoms with Gasteiger partial charge in [-0.3, -0.25) is 4.79 Å². The Bertz CT molecular complexity index is 734. The van der Waals surface area contributed by atoms with Gasteiger partial charge in [0.05, 0.1) is 0 Å². The lowest BCUT2D eigenvalue weighted by molar-refractivity contribution is 0.0965. The lowest BCUT2D eigenvalue weighted by Crippen LogP contribution is -2.24. The van der Waals surface area contributed by atoms with Crippen molar-refractivity contribution >= 4 is 29.2 Å². The lowest BCUT2D eigenvalue weighted by Gasteiger charge is -2.13. The summed E-state index contributed by atoms with van der Waals surface area (Å²) in [6.07, 6.45) is 2.68. The number of fused-ring (bicyclic) bond motifs is 1. The minimum absolute atomic E-state index is 0. The second-order valence-electron chi connectivity index (χ2n) is 5.39. The van der Waals surface area contributed by atoms with E-state index in [4.69, 9.17) is 4.42 Å². The van der Waals surface area contributed by atoms with Crippen LogP contribution in [-0.2, 0) is 0 Å². The van der Waals surface area contributed by atoms with E-state index in [0.29, 0.717) is 18.4 Å². The molecule has 0 amide bonds. The number of hydrogen-bond acceptors (Lipinski definition) is 5. The molecule has 6 heteroatoms. The van der Waals surface area contributed by atoms with Crippen molar-refractivity contribution in [3.63, 3.8) is 0 Å². The Kier molecular flexibility index (Phi) is 5.21. The first-order valence-electron chi connectivity index (χ1n) is 7.16. The molecule has 0 bridgehead atoms. The van der Waals surface area contributed by atoms with E-state index >= 15 is 0 Å². The second-order valence-corrected chi connectivity index (χ2v) is 5.39. The highest BCUT2D eigenvalue weighted by Gasteiger charge is 2.17. The van der Waals surface area contributed by atoms with E-state index in [2.05, 4.69) is 4.90 Å². The molecule has 1 aliphatic heterocycles. The maximum atomic E-state index is 12.2. The molecule has 118 valence electrons. The van der Waals surface area contributed by atoms with Crippen molar-refractivity contribution in [2.45, 2.75) is 19.3 Å². The fraction of sp³-hybridized carbons (Fsp3) is 0.375. The predicted molar refractivity (Wildman–Crippen MR) is 86.0 cm³/mol. The molecule has 22 heavy (non-hydrogen) atoms. The number of halogens is 1. The number of aromatic hydroxyl groups is 1. The van der Waals surface area contributed by atoms with Gasteiger partial charge in [-0.05, 0) is 44.1 Å². The summed E-state index contributed by atoms with van der Waals surface area (Å²) in [6.45, 7) is 2.74. The van der Waals surface area contributed by atoms with Crippen molar-refractivity contribution < 1.29 is 14.3 Å². The summed E-state index contributed by atoms with van der Waals surface area (Å²) in [5, 5.41) is 10.0. The highest BCUT2D eigenvalue weighted by Crippen LogP contribution is 2.19. The zero-order chi connectivity index (χ0) is 14.8. The number of Topliss-reactive ketones (excluding diaryl/α,β-unsaturated/α-hetero) is 1. The van der Waals surface area contributed by atoms with Crippen LogP contribution in [0.15, 0.2) is 33.5 Å². The van der Waals surface area contributed by atoms with Gasteiger partial charge in [-0.25, -0.2) is 4.79 Å². The number of rotatable bonds is 4. The van der Waals surface area contributed by atoms with Gasteiger partial charge in [0.25, 0.3) is 0 Å². The molecule has 0 saturated carbocycles. The molecule has 5 nitrogen and oxygen atoms in total. The smallest absolute Gasteiger partial charge is 0.347 e. The highest BCUT2D eigenvalue weighted by molar-refractivity contribution is 5.98. The largest absolute Gasteiger partial charge is 0.508 e. The van der Waals surface area contributed by atoms with Gasteiger partial charge < -0.3 is 14.4 Å². The summed E-state index contributed by atoms with van der Waals surface area (Å²) >= 11 is 0. The van der Waals surface area contributed by atoms with Crippen LogP contribution in [0.1, 0.15) is 29.6 Å². The fourth-order valence-corrected chi connectivity index (χ4v) is 2.69. The molecule has 2 heterocycles. The van der Waals surface area contributed by atoms with Crippen LogP contribution in [0.2, 0.25) is 0 Å². The molecule has 1 aromatic heterocycles. The van der Waals surface area contributed by atoms with Crippen molar-refractivity contribution in [1.82, 2.24) is 4.90 Å². The minimum Gasteiger partial charge on any atom is -0.508 e. The molecular formula is C16H18ClNO4. The monoisotopic (exact) mass is 323 g/mol. The van der Waals surface area contributed by atoms with Gasteiger partial charge in [0.2, 0.25) is 0 Å². The van der Waals surface area contributed by atoms with Crippen molar-refractivity contribution in [2.24, 2.45) is 0 Å². The van der Waals surface area contributed by atoms with Crippen LogP contribution in [0.4, 0.5) is 0 Å². The summed E-state index contributed by atoms with van der Waals surface area (Å²) in [5.41, 5.74) is -0.261. The van der Waals surface area contributed by atoms with Crippen molar-refractivity contribution in [3.05, 3.63) is 40.2 Å². The number of hydrogen-bond donors (Lipinski definition) is 1. The topological polar surface area (TPSA) is 70.8 Å². The number of carbonyl (C=O) groups excluding carboxylic acids is 1.